The van der Waals surface area contributed by atoms with E-state index in [-0.39, 0.29) is 0 Å². The molecular weight excluding hydrogens is 302 g/mol. The minimum atomic E-state index is 0.296. The second-order valence-corrected chi connectivity index (χ2v) is 6.84. The van der Waals surface area contributed by atoms with Crippen molar-refractivity contribution in [2.45, 2.75) is 38.6 Å². The molecule has 1 aromatic rings. The number of hydrogen-bond acceptors (Lipinski definition) is 7. The van der Waals surface area contributed by atoms with Gasteiger partial charge in [-0.15, -0.1) is 0 Å². The van der Waals surface area contributed by atoms with Gasteiger partial charge in [-0.2, -0.15) is 9.97 Å². The molecule has 0 amide bonds. The molecule has 2 aliphatic heterocycles. The average Bonchev–Trinajstić information content (AvgIpc) is 3.28. The Kier molecular flexibility index (Phi) is 6.09. The number of rotatable bonds is 8. The summed E-state index contributed by atoms with van der Waals surface area (Å²) in [6.45, 7) is 8.88. The summed E-state index contributed by atoms with van der Waals surface area (Å²) in [6, 6.07) is 2.40. The second kappa shape index (κ2) is 8.48. The van der Waals surface area contributed by atoms with Gasteiger partial charge in [-0.05, 0) is 32.6 Å². The number of nitrogens with one attached hydrogen (secondary N) is 2. The van der Waals surface area contributed by atoms with Crippen LogP contribution >= 0.6 is 0 Å². The average molecular weight is 333 g/mol. The molecule has 0 bridgehead atoms. The number of hydrogen-bond donors (Lipinski definition) is 3. The second-order valence-electron chi connectivity index (χ2n) is 6.84. The van der Waals surface area contributed by atoms with Crippen LogP contribution in [0, 0.1) is 0 Å². The normalized spacial score (nSPS) is 19.1. The van der Waals surface area contributed by atoms with Crippen LogP contribution in [0.1, 0.15) is 32.6 Å². The Bertz CT molecular complexity index is 475. The van der Waals surface area contributed by atoms with Crippen molar-refractivity contribution in [3.63, 3.8) is 0 Å². The Morgan fingerprint density at radius 1 is 1.08 bits per heavy atom. The van der Waals surface area contributed by atoms with Crippen LogP contribution in [0.25, 0.3) is 0 Å². The Morgan fingerprint density at radius 3 is 2.42 bits per heavy atom. The SMILES string of the molecule is CC(CNCCN)Nc1cc(N2CCCC2)nc(N2CCCC2)n1. The smallest absolute Gasteiger partial charge is 0.229 e. The van der Waals surface area contributed by atoms with Gasteiger partial charge in [0.15, 0.2) is 0 Å². The molecule has 7 nitrogen and oxygen atoms in total. The molecule has 1 atom stereocenters. The first-order valence-corrected chi connectivity index (χ1v) is 9.32. The maximum atomic E-state index is 5.53. The molecule has 0 aromatic carbocycles. The van der Waals surface area contributed by atoms with Crippen LogP contribution in [0.15, 0.2) is 6.07 Å². The van der Waals surface area contributed by atoms with Crippen molar-refractivity contribution in [1.29, 1.82) is 0 Å². The third-order valence-electron chi connectivity index (χ3n) is 4.69. The van der Waals surface area contributed by atoms with Crippen molar-refractivity contribution in [3.8, 4) is 0 Å². The summed E-state index contributed by atoms with van der Waals surface area (Å²) in [6.07, 6.45) is 4.98. The van der Waals surface area contributed by atoms with Crippen LogP contribution < -0.4 is 26.2 Å². The summed E-state index contributed by atoms with van der Waals surface area (Å²) in [5.41, 5.74) is 5.53. The summed E-state index contributed by atoms with van der Waals surface area (Å²) >= 11 is 0. The van der Waals surface area contributed by atoms with E-state index in [1.165, 1.54) is 25.7 Å². The van der Waals surface area contributed by atoms with Gasteiger partial charge < -0.3 is 26.2 Å². The Morgan fingerprint density at radius 2 is 1.75 bits per heavy atom. The molecule has 134 valence electrons. The highest BCUT2D eigenvalue weighted by atomic mass is 15.3. The molecule has 0 radical (unpaired) electrons. The monoisotopic (exact) mass is 333 g/mol. The summed E-state index contributed by atoms with van der Waals surface area (Å²) < 4.78 is 0. The minimum Gasteiger partial charge on any atom is -0.366 e. The predicted molar refractivity (Wildman–Crippen MR) is 99.9 cm³/mol. The fourth-order valence-corrected chi connectivity index (χ4v) is 3.39. The Balaban J connectivity index is 1.73. The molecule has 3 rings (SSSR count). The zero-order chi connectivity index (χ0) is 16.8. The van der Waals surface area contributed by atoms with Crippen LogP contribution in [-0.4, -0.2) is 61.8 Å². The van der Waals surface area contributed by atoms with E-state index in [4.69, 9.17) is 15.7 Å². The largest absolute Gasteiger partial charge is 0.366 e. The number of nitrogens with two attached hydrogens (primary N) is 1. The van der Waals surface area contributed by atoms with Gasteiger partial charge in [-0.25, -0.2) is 0 Å². The number of aromatic nitrogens is 2. The summed E-state index contributed by atoms with van der Waals surface area (Å²) in [4.78, 5) is 14.3. The van der Waals surface area contributed by atoms with Crippen LogP contribution in [0.2, 0.25) is 0 Å². The fraction of sp³-hybridized carbons (Fsp3) is 0.765. The van der Waals surface area contributed by atoms with Crippen molar-refractivity contribution >= 4 is 17.6 Å². The number of nitrogens with zero attached hydrogens (tertiary/aromatic N) is 4. The molecule has 2 fully saturated rings. The van der Waals surface area contributed by atoms with Gasteiger partial charge in [0.2, 0.25) is 5.95 Å². The fourth-order valence-electron chi connectivity index (χ4n) is 3.39. The van der Waals surface area contributed by atoms with Gasteiger partial charge in [0.25, 0.3) is 0 Å². The van der Waals surface area contributed by atoms with Gasteiger partial charge in [0.05, 0.1) is 0 Å². The highest BCUT2D eigenvalue weighted by Crippen LogP contribution is 2.25. The zero-order valence-electron chi connectivity index (χ0n) is 14.8. The van der Waals surface area contributed by atoms with Gasteiger partial charge in [-0.1, -0.05) is 0 Å². The quantitative estimate of drug-likeness (QED) is 0.613. The van der Waals surface area contributed by atoms with Gasteiger partial charge in [0, 0.05) is 57.9 Å². The standard InChI is InChI=1S/C17H31N7/c1-14(13-19-7-6-18)20-15-12-16(23-8-2-3-9-23)22-17(21-15)24-10-4-5-11-24/h12,14,19H,2-11,13,18H2,1H3,(H,20,21,22). The van der Waals surface area contributed by atoms with Crippen LogP contribution in [0.3, 0.4) is 0 Å². The molecule has 4 N–H and O–H groups in total. The molecule has 24 heavy (non-hydrogen) atoms. The lowest BCUT2D eigenvalue weighted by Gasteiger charge is -2.23. The minimum absolute atomic E-state index is 0.296. The van der Waals surface area contributed by atoms with Gasteiger partial charge in [0.1, 0.15) is 11.6 Å². The molecule has 2 aliphatic rings. The van der Waals surface area contributed by atoms with Gasteiger partial charge in [-0.3, -0.25) is 0 Å². The van der Waals surface area contributed by atoms with Crippen LogP contribution in [0.5, 0.6) is 0 Å². The Hall–Kier alpha value is -1.60. The summed E-state index contributed by atoms with van der Waals surface area (Å²) in [5, 5.41) is 6.86. The maximum absolute atomic E-state index is 5.53. The first-order chi connectivity index (χ1) is 11.8. The Labute approximate surface area is 145 Å². The molecule has 0 spiro atoms. The molecule has 0 saturated carbocycles. The maximum Gasteiger partial charge on any atom is 0.229 e. The van der Waals surface area contributed by atoms with Crippen molar-refractivity contribution in [3.05, 3.63) is 6.07 Å². The highest BCUT2D eigenvalue weighted by Gasteiger charge is 2.20. The topological polar surface area (TPSA) is 82.3 Å². The van der Waals surface area contributed by atoms with E-state index >= 15 is 0 Å². The van der Waals surface area contributed by atoms with E-state index in [2.05, 4.69) is 33.4 Å². The molecule has 0 aliphatic carbocycles. The first kappa shape index (κ1) is 17.2. The van der Waals surface area contributed by atoms with Gasteiger partial charge >= 0.3 is 0 Å². The van der Waals surface area contributed by atoms with E-state index in [1.54, 1.807) is 0 Å². The first-order valence-electron chi connectivity index (χ1n) is 9.32. The van der Waals surface area contributed by atoms with Crippen molar-refractivity contribution in [2.24, 2.45) is 5.73 Å². The molecular formula is C17H31N7. The van der Waals surface area contributed by atoms with Crippen molar-refractivity contribution in [1.82, 2.24) is 15.3 Å². The van der Waals surface area contributed by atoms with E-state index < -0.39 is 0 Å². The van der Waals surface area contributed by atoms with Crippen molar-refractivity contribution < 1.29 is 0 Å². The third kappa shape index (κ3) is 4.48. The highest BCUT2D eigenvalue weighted by molar-refractivity contribution is 5.55. The molecule has 3 heterocycles. The van der Waals surface area contributed by atoms with E-state index in [9.17, 15) is 0 Å². The van der Waals surface area contributed by atoms with Crippen LogP contribution in [0.4, 0.5) is 17.6 Å². The van der Waals surface area contributed by atoms with E-state index in [1.807, 2.05) is 0 Å². The lowest BCUT2D eigenvalue weighted by Crippen LogP contribution is -2.34. The zero-order valence-corrected chi connectivity index (χ0v) is 14.8. The van der Waals surface area contributed by atoms with Crippen LogP contribution in [-0.2, 0) is 0 Å². The lowest BCUT2D eigenvalue weighted by molar-refractivity contribution is 0.635. The summed E-state index contributed by atoms with van der Waals surface area (Å²) in [7, 11) is 0. The molecule has 7 heteroatoms. The van der Waals surface area contributed by atoms with E-state index in [0.717, 1.165) is 56.9 Å². The predicted octanol–water partition coefficient (Wildman–Crippen LogP) is 1.03. The van der Waals surface area contributed by atoms with E-state index in [0.29, 0.717) is 12.6 Å². The molecule has 1 unspecified atom stereocenters. The van der Waals surface area contributed by atoms with Crippen molar-refractivity contribution in [2.75, 3.05) is 60.9 Å². The lowest BCUT2D eigenvalue weighted by atomic mass is 10.3. The third-order valence-corrected chi connectivity index (χ3v) is 4.69. The molecule has 2 saturated heterocycles. The summed E-state index contributed by atoms with van der Waals surface area (Å²) in [5.74, 6) is 2.87. The number of anilines is 3. The molecule has 1 aromatic heterocycles.